The number of pyridine rings is 1. The molecule has 0 aliphatic carbocycles. The minimum atomic E-state index is -0.504. The number of amides is 1. The lowest BCUT2D eigenvalue weighted by Crippen LogP contribution is -2.35. The number of anilines is 1. The van der Waals surface area contributed by atoms with Gasteiger partial charge in [-0.2, -0.15) is 0 Å². The van der Waals surface area contributed by atoms with Crippen molar-refractivity contribution in [1.82, 2.24) is 14.6 Å². The van der Waals surface area contributed by atoms with E-state index in [0.29, 0.717) is 18.0 Å². The van der Waals surface area contributed by atoms with Gasteiger partial charge in [0.25, 0.3) is 0 Å². The van der Waals surface area contributed by atoms with Gasteiger partial charge in [0, 0.05) is 6.20 Å². The molecule has 6 heteroatoms. The molecule has 1 unspecified atom stereocenters. The molecule has 2 heterocycles. The summed E-state index contributed by atoms with van der Waals surface area (Å²) < 4.78 is 1.70. The molecule has 3 N–H and O–H groups in total. The van der Waals surface area contributed by atoms with E-state index >= 15 is 0 Å². The van der Waals surface area contributed by atoms with Gasteiger partial charge >= 0.3 is 0 Å². The predicted molar refractivity (Wildman–Crippen MR) is 64.5 cm³/mol. The van der Waals surface area contributed by atoms with E-state index < -0.39 is 6.04 Å². The Balaban J connectivity index is 2.16. The molecule has 2 aromatic heterocycles. The Hall–Kier alpha value is -1.95. The Morgan fingerprint density at radius 3 is 3.12 bits per heavy atom. The average molecular weight is 233 g/mol. The third-order valence-electron chi connectivity index (χ3n) is 2.49. The van der Waals surface area contributed by atoms with Gasteiger partial charge in [-0.25, -0.2) is 0 Å². The number of nitrogens with zero attached hydrogens (tertiary/aromatic N) is 3. The molecule has 6 nitrogen and oxygen atoms in total. The number of fused-ring (bicyclic) bond motifs is 1. The quantitative estimate of drug-likeness (QED) is 0.817. The van der Waals surface area contributed by atoms with Crippen LogP contribution in [0.3, 0.4) is 0 Å². The van der Waals surface area contributed by atoms with Crippen molar-refractivity contribution in [3.05, 3.63) is 24.4 Å². The standard InChI is InChI=1S/C11H15N5O/c1-2-5-8(12)10(17)13-11-15-14-9-6-3-4-7-16(9)11/h3-4,6-8H,2,5,12H2,1H3,(H,13,15,17). The molecule has 0 spiro atoms. The van der Waals surface area contributed by atoms with Crippen LogP contribution >= 0.6 is 0 Å². The summed E-state index contributed by atoms with van der Waals surface area (Å²) in [7, 11) is 0. The van der Waals surface area contributed by atoms with Gasteiger partial charge in [-0.05, 0) is 18.6 Å². The molecule has 0 fully saturated rings. The fourth-order valence-electron chi connectivity index (χ4n) is 1.57. The molecule has 17 heavy (non-hydrogen) atoms. The Kier molecular flexibility index (Phi) is 3.34. The van der Waals surface area contributed by atoms with Crippen molar-refractivity contribution in [3.8, 4) is 0 Å². The van der Waals surface area contributed by atoms with Gasteiger partial charge in [0.1, 0.15) is 0 Å². The smallest absolute Gasteiger partial charge is 0.243 e. The maximum absolute atomic E-state index is 11.7. The number of hydrogen-bond donors (Lipinski definition) is 2. The third kappa shape index (κ3) is 2.42. The molecule has 2 aromatic rings. The highest BCUT2D eigenvalue weighted by molar-refractivity contribution is 5.93. The second kappa shape index (κ2) is 4.92. The van der Waals surface area contributed by atoms with Gasteiger partial charge in [0.05, 0.1) is 6.04 Å². The molecular formula is C11H15N5O. The number of aromatic nitrogens is 3. The van der Waals surface area contributed by atoms with Crippen LogP contribution in [0.2, 0.25) is 0 Å². The van der Waals surface area contributed by atoms with Crippen LogP contribution in [0.5, 0.6) is 0 Å². The minimum Gasteiger partial charge on any atom is -0.320 e. The number of hydrogen-bond acceptors (Lipinski definition) is 4. The lowest BCUT2D eigenvalue weighted by molar-refractivity contribution is -0.117. The summed E-state index contributed by atoms with van der Waals surface area (Å²) in [5.41, 5.74) is 6.41. The molecule has 0 bridgehead atoms. The highest BCUT2D eigenvalue weighted by Crippen LogP contribution is 2.08. The maximum atomic E-state index is 11.7. The molecule has 1 atom stereocenters. The molecule has 90 valence electrons. The molecule has 0 aliphatic heterocycles. The van der Waals surface area contributed by atoms with E-state index in [-0.39, 0.29) is 5.91 Å². The van der Waals surface area contributed by atoms with E-state index in [2.05, 4.69) is 15.5 Å². The fourth-order valence-corrected chi connectivity index (χ4v) is 1.57. The van der Waals surface area contributed by atoms with Crippen molar-refractivity contribution in [1.29, 1.82) is 0 Å². The predicted octanol–water partition coefficient (Wildman–Crippen LogP) is 0.795. The van der Waals surface area contributed by atoms with Crippen LogP contribution in [0.15, 0.2) is 24.4 Å². The number of carbonyl (C=O) groups is 1. The molecule has 0 saturated carbocycles. The summed E-state index contributed by atoms with van der Waals surface area (Å²) in [6.45, 7) is 1.99. The van der Waals surface area contributed by atoms with Gasteiger partial charge in [-0.15, -0.1) is 10.2 Å². The Morgan fingerprint density at radius 1 is 1.53 bits per heavy atom. The fraction of sp³-hybridized carbons (Fsp3) is 0.364. The van der Waals surface area contributed by atoms with Crippen LogP contribution in [0.25, 0.3) is 5.65 Å². The summed E-state index contributed by atoms with van der Waals surface area (Å²) in [6, 6.07) is 5.02. The Labute approximate surface area is 98.8 Å². The van der Waals surface area contributed by atoms with Crippen LogP contribution < -0.4 is 11.1 Å². The normalized spacial score (nSPS) is 12.6. The number of carbonyl (C=O) groups excluding carboxylic acids is 1. The molecule has 0 aromatic carbocycles. The summed E-state index contributed by atoms with van der Waals surface area (Å²) >= 11 is 0. The van der Waals surface area contributed by atoms with E-state index in [4.69, 9.17) is 5.73 Å². The molecular weight excluding hydrogens is 218 g/mol. The zero-order valence-electron chi connectivity index (χ0n) is 9.63. The first kappa shape index (κ1) is 11.5. The SMILES string of the molecule is CCCC(N)C(=O)Nc1nnc2ccccn12. The van der Waals surface area contributed by atoms with Gasteiger partial charge in [0.2, 0.25) is 11.9 Å². The highest BCUT2D eigenvalue weighted by atomic mass is 16.2. The number of nitrogens with two attached hydrogens (primary N) is 1. The highest BCUT2D eigenvalue weighted by Gasteiger charge is 2.15. The zero-order chi connectivity index (χ0) is 12.3. The summed E-state index contributed by atoms with van der Waals surface area (Å²) in [6.07, 6.45) is 3.31. The van der Waals surface area contributed by atoms with E-state index in [9.17, 15) is 4.79 Å². The van der Waals surface area contributed by atoms with E-state index in [1.54, 1.807) is 10.6 Å². The van der Waals surface area contributed by atoms with Crippen LogP contribution in [-0.4, -0.2) is 26.5 Å². The van der Waals surface area contributed by atoms with Crippen LogP contribution in [0.1, 0.15) is 19.8 Å². The van der Waals surface area contributed by atoms with Crippen molar-refractivity contribution in [3.63, 3.8) is 0 Å². The first-order valence-corrected chi connectivity index (χ1v) is 5.58. The zero-order valence-corrected chi connectivity index (χ0v) is 9.63. The van der Waals surface area contributed by atoms with Crippen LogP contribution in [0.4, 0.5) is 5.95 Å². The maximum Gasteiger partial charge on any atom is 0.243 e. The van der Waals surface area contributed by atoms with Crippen molar-refractivity contribution in [2.45, 2.75) is 25.8 Å². The van der Waals surface area contributed by atoms with Gasteiger partial charge in [-0.3, -0.25) is 14.5 Å². The molecule has 0 aliphatic rings. The van der Waals surface area contributed by atoms with E-state index in [0.717, 1.165) is 6.42 Å². The van der Waals surface area contributed by atoms with Crippen molar-refractivity contribution < 1.29 is 4.79 Å². The summed E-state index contributed by atoms with van der Waals surface area (Å²) in [5, 5.41) is 10.5. The summed E-state index contributed by atoms with van der Waals surface area (Å²) in [5.74, 6) is 0.169. The monoisotopic (exact) mass is 233 g/mol. The van der Waals surface area contributed by atoms with Gasteiger partial charge in [-0.1, -0.05) is 19.4 Å². The largest absolute Gasteiger partial charge is 0.320 e. The van der Waals surface area contributed by atoms with Gasteiger partial charge < -0.3 is 5.73 Å². The van der Waals surface area contributed by atoms with Crippen molar-refractivity contribution in [2.75, 3.05) is 5.32 Å². The molecule has 0 saturated heterocycles. The summed E-state index contributed by atoms with van der Waals surface area (Å²) in [4.78, 5) is 11.7. The molecule has 0 radical (unpaired) electrons. The minimum absolute atomic E-state index is 0.231. The van der Waals surface area contributed by atoms with Crippen molar-refractivity contribution in [2.24, 2.45) is 5.73 Å². The lowest BCUT2D eigenvalue weighted by Gasteiger charge is -2.09. The Bertz CT molecular complexity index is 521. The third-order valence-corrected chi connectivity index (χ3v) is 2.49. The van der Waals surface area contributed by atoms with Crippen LogP contribution in [-0.2, 0) is 4.79 Å². The first-order valence-electron chi connectivity index (χ1n) is 5.58. The second-order valence-electron chi connectivity index (χ2n) is 3.84. The Morgan fingerprint density at radius 2 is 2.35 bits per heavy atom. The lowest BCUT2D eigenvalue weighted by atomic mass is 10.2. The van der Waals surface area contributed by atoms with Crippen molar-refractivity contribution >= 4 is 17.5 Å². The average Bonchev–Trinajstić information content (AvgIpc) is 2.73. The molecule has 1 amide bonds. The topological polar surface area (TPSA) is 85.3 Å². The van der Waals surface area contributed by atoms with E-state index in [1.165, 1.54) is 0 Å². The number of nitrogens with one attached hydrogen (secondary N) is 1. The molecule has 2 rings (SSSR count). The second-order valence-corrected chi connectivity index (χ2v) is 3.84. The van der Waals surface area contributed by atoms with E-state index in [1.807, 2.05) is 25.1 Å². The number of rotatable bonds is 4. The van der Waals surface area contributed by atoms with Crippen LogP contribution in [0, 0.1) is 0 Å². The van der Waals surface area contributed by atoms with Gasteiger partial charge in [0.15, 0.2) is 5.65 Å². The first-order chi connectivity index (χ1) is 8.22.